The number of hydrogen-bond donors (Lipinski definition) is 2. The van der Waals surface area contributed by atoms with Crippen LogP contribution in [0.1, 0.15) is 32.6 Å². The fourth-order valence-corrected chi connectivity index (χ4v) is 2.62. The molecule has 120 valence electrons. The van der Waals surface area contributed by atoms with Gasteiger partial charge >= 0.3 is 0 Å². The minimum atomic E-state index is 0.399. The highest BCUT2D eigenvalue weighted by molar-refractivity contribution is 5.56. The van der Waals surface area contributed by atoms with Crippen molar-refractivity contribution in [2.75, 3.05) is 17.2 Å². The zero-order valence-electron chi connectivity index (χ0n) is 13.4. The zero-order valence-corrected chi connectivity index (χ0v) is 13.4. The molecule has 0 spiro atoms. The first-order valence-corrected chi connectivity index (χ1v) is 8.45. The normalized spacial score (nSPS) is 18.5. The van der Waals surface area contributed by atoms with Crippen LogP contribution >= 0.6 is 0 Å². The summed E-state index contributed by atoms with van der Waals surface area (Å²) in [6.07, 6.45) is 8.73. The number of aromatic nitrogens is 4. The van der Waals surface area contributed by atoms with E-state index in [4.69, 9.17) is 0 Å². The van der Waals surface area contributed by atoms with Gasteiger partial charge < -0.3 is 10.6 Å². The van der Waals surface area contributed by atoms with Crippen LogP contribution in [0.3, 0.4) is 0 Å². The predicted molar refractivity (Wildman–Crippen MR) is 90.1 cm³/mol. The minimum absolute atomic E-state index is 0.399. The van der Waals surface area contributed by atoms with Crippen LogP contribution in [0.4, 0.5) is 11.9 Å². The van der Waals surface area contributed by atoms with Gasteiger partial charge in [-0.05, 0) is 56.6 Å². The van der Waals surface area contributed by atoms with Crippen molar-refractivity contribution in [2.45, 2.75) is 38.6 Å². The zero-order chi connectivity index (χ0) is 15.6. The molecular weight excluding hydrogens is 288 g/mol. The quantitative estimate of drug-likeness (QED) is 0.819. The summed E-state index contributed by atoms with van der Waals surface area (Å²) in [5.41, 5.74) is 0.909. The molecule has 2 N–H and O–H groups in total. The van der Waals surface area contributed by atoms with Crippen molar-refractivity contribution >= 4 is 11.9 Å². The Morgan fingerprint density at radius 1 is 1.13 bits per heavy atom. The van der Waals surface area contributed by atoms with Crippen LogP contribution in [0, 0.1) is 11.8 Å². The number of hydrogen-bond acceptors (Lipinski definition) is 6. The monoisotopic (exact) mass is 310 g/mol. The van der Waals surface area contributed by atoms with Crippen molar-refractivity contribution in [1.29, 1.82) is 0 Å². The molecule has 0 bridgehead atoms. The average Bonchev–Trinajstić information content (AvgIpc) is 3.47. The molecule has 6 nitrogen and oxygen atoms in total. The Hall–Kier alpha value is -2.24. The summed E-state index contributed by atoms with van der Waals surface area (Å²) in [4.78, 5) is 17.8. The van der Waals surface area contributed by atoms with Gasteiger partial charge in [-0.15, -0.1) is 0 Å². The lowest BCUT2D eigenvalue weighted by molar-refractivity contribution is 0.685. The first kappa shape index (κ1) is 14.4. The Kier molecular flexibility index (Phi) is 3.81. The van der Waals surface area contributed by atoms with E-state index in [0.717, 1.165) is 23.9 Å². The molecule has 23 heavy (non-hydrogen) atoms. The third-order valence-corrected chi connectivity index (χ3v) is 4.49. The largest absolute Gasteiger partial charge is 0.354 e. The maximum absolute atomic E-state index is 4.58. The molecule has 2 aliphatic carbocycles. The first-order valence-electron chi connectivity index (χ1n) is 8.45. The summed E-state index contributed by atoms with van der Waals surface area (Å²) in [7, 11) is 0. The van der Waals surface area contributed by atoms with Crippen LogP contribution in [0.25, 0.3) is 11.4 Å². The van der Waals surface area contributed by atoms with Gasteiger partial charge in [-0.25, -0.2) is 0 Å². The molecular formula is C17H22N6. The van der Waals surface area contributed by atoms with Gasteiger partial charge in [0.1, 0.15) is 0 Å². The Balaban J connectivity index is 1.59. The molecule has 2 heterocycles. The van der Waals surface area contributed by atoms with Crippen LogP contribution in [0.2, 0.25) is 0 Å². The van der Waals surface area contributed by atoms with Crippen molar-refractivity contribution in [3.63, 3.8) is 0 Å². The topological polar surface area (TPSA) is 75.6 Å². The van der Waals surface area contributed by atoms with Crippen LogP contribution < -0.4 is 10.6 Å². The van der Waals surface area contributed by atoms with E-state index >= 15 is 0 Å². The molecule has 0 saturated heterocycles. The van der Waals surface area contributed by atoms with Gasteiger partial charge in [0.05, 0.1) is 0 Å². The van der Waals surface area contributed by atoms with E-state index in [2.05, 4.69) is 37.5 Å². The second-order valence-electron chi connectivity index (χ2n) is 6.64. The van der Waals surface area contributed by atoms with Crippen LogP contribution in [-0.2, 0) is 0 Å². The van der Waals surface area contributed by atoms with Crippen LogP contribution in [0.15, 0.2) is 24.5 Å². The molecule has 6 heteroatoms. The smallest absolute Gasteiger partial charge is 0.228 e. The lowest BCUT2D eigenvalue weighted by atomic mass is 10.2. The highest BCUT2D eigenvalue weighted by Crippen LogP contribution is 2.34. The Labute approximate surface area is 136 Å². The van der Waals surface area contributed by atoms with Crippen molar-refractivity contribution in [1.82, 2.24) is 19.9 Å². The Morgan fingerprint density at radius 2 is 1.96 bits per heavy atom. The fourth-order valence-electron chi connectivity index (χ4n) is 2.62. The molecule has 1 unspecified atom stereocenters. The van der Waals surface area contributed by atoms with Crippen LogP contribution in [0.5, 0.6) is 0 Å². The predicted octanol–water partition coefficient (Wildman–Crippen LogP) is 2.97. The molecule has 2 fully saturated rings. The molecule has 4 rings (SSSR count). The van der Waals surface area contributed by atoms with E-state index in [9.17, 15) is 0 Å². The summed E-state index contributed by atoms with van der Waals surface area (Å²) in [5, 5.41) is 6.79. The molecule has 0 aromatic carbocycles. The standard InChI is InChI=1S/C17H22N6/c1-11(13-6-7-13)20-17-22-15(14-3-2-8-18-10-14)21-16(23-17)19-9-12-4-5-12/h2-3,8,10-13H,4-7,9H2,1H3,(H2,19,20,21,22,23). The second-order valence-corrected chi connectivity index (χ2v) is 6.64. The Bertz CT molecular complexity index is 666. The number of pyridine rings is 1. The second kappa shape index (κ2) is 6.10. The summed E-state index contributed by atoms with van der Waals surface area (Å²) >= 11 is 0. The molecule has 0 amide bonds. The lowest BCUT2D eigenvalue weighted by Crippen LogP contribution is -2.20. The highest BCUT2D eigenvalue weighted by atomic mass is 15.2. The maximum Gasteiger partial charge on any atom is 0.228 e. The fraction of sp³-hybridized carbons (Fsp3) is 0.529. The Morgan fingerprint density at radius 3 is 2.65 bits per heavy atom. The van der Waals surface area contributed by atoms with E-state index in [1.165, 1.54) is 25.7 Å². The molecule has 2 aromatic heterocycles. The summed E-state index contributed by atoms with van der Waals surface area (Å²) in [6.45, 7) is 3.14. The SMILES string of the molecule is CC(Nc1nc(NCC2CC2)nc(-c2cccnc2)n1)C1CC1. The van der Waals surface area contributed by atoms with E-state index < -0.39 is 0 Å². The van der Waals surface area contributed by atoms with Crippen molar-refractivity contribution in [3.8, 4) is 11.4 Å². The third kappa shape index (κ3) is 3.75. The van der Waals surface area contributed by atoms with Crippen molar-refractivity contribution < 1.29 is 0 Å². The first-order chi connectivity index (χ1) is 11.3. The van der Waals surface area contributed by atoms with E-state index in [-0.39, 0.29) is 0 Å². The molecule has 0 aliphatic heterocycles. The summed E-state index contributed by atoms with van der Waals surface area (Å²) in [6, 6.07) is 4.27. The number of rotatable bonds is 7. The van der Waals surface area contributed by atoms with Gasteiger partial charge in [-0.3, -0.25) is 4.98 Å². The van der Waals surface area contributed by atoms with Gasteiger partial charge in [-0.1, -0.05) is 0 Å². The van der Waals surface area contributed by atoms with E-state index in [1.807, 2.05) is 12.1 Å². The molecule has 1 atom stereocenters. The number of nitrogens with one attached hydrogen (secondary N) is 2. The van der Waals surface area contributed by atoms with Crippen molar-refractivity contribution in [2.24, 2.45) is 11.8 Å². The molecule has 0 radical (unpaired) electrons. The molecule has 2 aliphatic rings. The maximum atomic E-state index is 4.58. The average molecular weight is 310 g/mol. The summed E-state index contributed by atoms with van der Waals surface area (Å²) in [5.74, 6) is 3.48. The van der Waals surface area contributed by atoms with E-state index in [0.29, 0.717) is 23.8 Å². The van der Waals surface area contributed by atoms with E-state index in [1.54, 1.807) is 12.4 Å². The summed E-state index contributed by atoms with van der Waals surface area (Å²) < 4.78 is 0. The molecule has 2 aromatic rings. The molecule has 2 saturated carbocycles. The van der Waals surface area contributed by atoms with Gasteiger partial charge in [0.2, 0.25) is 11.9 Å². The lowest BCUT2D eigenvalue weighted by Gasteiger charge is -2.14. The van der Waals surface area contributed by atoms with Gasteiger partial charge in [0.15, 0.2) is 5.82 Å². The van der Waals surface area contributed by atoms with Gasteiger partial charge in [0, 0.05) is 30.5 Å². The third-order valence-electron chi connectivity index (χ3n) is 4.49. The van der Waals surface area contributed by atoms with Crippen molar-refractivity contribution in [3.05, 3.63) is 24.5 Å². The minimum Gasteiger partial charge on any atom is -0.354 e. The van der Waals surface area contributed by atoms with Gasteiger partial charge in [-0.2, -0.15) is 15.0 Å². The number of nitrogens with zero attached hydrogens (tertiary/aromatic N) is 4. The number of anilines is 2. The van der Waals surface area contributed by atoms with Crippen LogP contribution in [-0.4, -0.2) is 32.5 Å². The van der Waals surface area contributed by atoms with Gasteiger partial charge in [0.25, 0.3) is 0 Å². The highest BCUT2D eigenvalue weighted by Gasteiger charge is 2.28.